The number of anilines is 1. The molecule has 4 rings (SSSR count). The molecule has 0 atom stereocenters. The molecule has 4 aromatic rings. The summed E-state index contributed by atoms with van der Waals surface area (Å²) in [6, 6.07) is 12.5. The van der Waals surface area contributed by atoms with Crippen molar-refractivity contribution in [2.24, 2.45) is 0 Å². The molecule has 31 heavy (non-hydrogen) atoms. The fraction of sp³-hybridized carbons (Fsp3) is 0.105. The molecule has 2 aromatic carbocycles. The number of hydrogen-bond acceptors (Lipinski definition) is 8. The molecule has 0 bridgehead atoms. The number of nitro groups is 1. The first-order chi connectivity index (χ1) is 15.0. The van der Waals surface area contributed by atoms with Crippen LogP contribution in [0.4, 0.5) is 11.4 Å². The van der Waals surface area contributed by atoms with E-state index in [1.165, 1.54) is 28.6 Å². The number of methoxy groups -OCH3 is 1. The molecule has 0 fully saturated rings. The first-order valence-electron chi connectivity index (χ1n) is 9.01. The van der Waals surface area contributed by atoms with Gasteiger partial charge in [-0.25, -0.2) is 4.68 Å². The van der Waals surface area contributed by atoms with Crippen LogP contribution in [0.5, 0.6) is 5.75 Å². The van der Waals surface area contributed by atoms with Crippen LogP contribution in [-0.2, 0) is 0 Å². The highest BCUT2D eigenvalue weighted by molar-refractivity contribution is 6.03. The lowest BCUT2D eigenvalue weighted by Crippen LogP contribution is -2.14. The standard InChI is InChI=1S/C19H16N8O4/c1-12-21-23-24-26(12)17-11-13(3-8-18(17)31-2)20-19(28)16-9-10-25(22-16)14-4-6-15(7-5-14)27(29)30/h3-11H,1-2H3,(H,20,28). The van der Waals surface area contributed by atoms with Crippen LogP contribution in [0, 0.1) is 17.0 Å². The molecule has 2 heterocycles. The molecule has 2 aromatic heterocycles. The van der Waals surface area contributed by atoms with Gasteiger partial charge >= 0.3 is 0 Å². The lowest BCUT2D eigenvalue weighted by atomic mass is 10.2. The minimum Gasteiger partial charge on any atom is -0.494 e. The molecule has 0 saturated carbocycles. The summed E-state index contributed by atoms with van der Waals surface area (Å²) in [5, 5.41) is 29.2. The van der Waals surface area contributed by atoms with Gasteiger partial charge in [-0.15, -0.1) is 5.10 Å². The molecular formula is C19H16N8O4. The van der Waals surface area contributed by atoms with E-state index in [2.05, 4.69) is 25.9 Å². The Hall–Kier alpha value is -4.61. The number of amides is 1. The second-order valence-electron chi connectivity index (χ2n) is 6.40. The monoisotopic (exact) mass is 420 g/mol. The normalized spacial score (nSPS) is 10.6. The summed E-state index contributed by atoms with van der Waals surface area (Å²) in [4.78, 5) is 23.0. The van der Waals surface area contributed by atoms with E-state index in [4.69, 9.17) is 4.74 Å². The maximum absolute atomic E-state index is 12.7. The summed E-state index contributed by atoms with van der Waals surface area (Å²) in [7, 11) is 1.53. The van der Waals surface area contributed by atoms with E-state index in [0.717, 1.165) is 0 Å². The van der Waals surface area contributed by atoms with Crippen molar-refractivity contribution in [2.75, 3.05) is 12.4 Å². The second kappa shape index (κ2) is 8.02. The number of hydrogen-bond donors (Lipinski definition) is 1. The van der Waals surface area contributed by atoms with Gasteiger partial charge in [-0.05, 0) is 53.7 Å². The van der Waals surface area contributed by atoms with Gasteiger partial charge in [-0.3, -0.25) is 14.9 Å². The van der Waals surface area contributed by atoms with Gasteiger partial charge in [0.1, 0.15) is 11.4 Å². The summed E-state index contributed by atoms with van der Waals surface area (Å²) in [6.45, 7) is 1.75. The van der Waals surface area contributed by atoms with Gasteiger partial charge in [0.2, 0.25) is 0 Å². The number of aromatic nitrogens is 6. The number of carbonyl (C=O) groups is 1. The maximum Gasteiger partial charge on any atom is 0.276 e. The Morgan fingerprint density at radius 2 is 1.94 bits per heavy atom. The van der Waals surface area contributed by atoms with Gasteiger partial charge in [0.05, 0.1) is 17.7 Å². The largest absolute Gasteiger partial charge is 0.494 e. The lowest BCUT2D eigenvalue weighted by molar-refractivity contribution is -0.384. The number of non-ortho nitro benzene ring substituents is 1. The summed E-state index contributed by atoms with van der Waals surface area (Å²) >= 11 is 0. The Morgan fingerprint density at radius 1 is 1.16 bits per heavy atom. The quantitative estimate of drug-likeness (QED) is 0.370. The molecule has 12 nitrogen and oxygen atoms in total. The van der Waals surface area contributed by atoms with Crippen molar-refractivity contribution in [3.8, 4) is 17.1 Å². The van der Waals surface area contributed by atoms with Crippen LogP contribution in [0.3, 0.4) is 0 Å². The van der Waals surface area contributed by atoms with E-state index in [-0.39, 0.29) is 11.4 Å². The van der Waals surface area contributed by atoms with Crippen molar-refractivity contribution in [3.05, 3.63) is 76.4 Å². The number of carbonyl (C=O) groups excluding carboxylic acids is 1. The van der Waals surface area contributed by atoms with Gasteiger partial charge in [0.25, 0.3) is 11.6 Å². The van der Waals surface area contributed by atoms with Gasteiger partial charge < -0.3 is 10.1 Å². The van der Waals surface area contributed by atoms with Crippen LogP contribution in [0.2, 0.25) is 0 Å². The Kier molecular flexibility index (Phi) is 5.10. The smallest absolute Gasteiger partial charge is 0.276 e. The number of benzene rings is 2. The zero-order valence-electron chi connectivity index (χ0n) is 16.5. The van der Waals surface area contributed by atoms with Crippen molar-refractivity contribution < 1.29 is 14.5 Å². The van der Waals surface area contributed by atoms with E-state index >= 15 is 0 Å². The number of rotatable bonds is 6. The van der Waals surface area contributed by atoms with Crippen LogP contribution < -0.4 is 10.1 Å². The van der Waals surface area contributed by atoms with Crippen molar-refractivity contribution in [3.63, 3.8) is 0 Å². The molecule has 1 N–H and O–H groups in total. The van der Waals surface area contributed by atoms with Crippen LogP contribution in [-0.4, -0.2) is 47.9 Å². The summed E-state index contributed by atoms with van der Waals surface area (Å²) in [5.41, 5.74) is 1.81. The van der Waals surface area contributed by atoms with Crippen molar-refractivity contribution in [2.45, 2.75) is 6.92 Å². The Bertz CT molecular complexity index is 1260. The number of nitrogens with zero attached hydrogens (tertiary/aromatic N) is 7. The average molecular weight is 420 g/mol. The number of tetrazole rings is 1. The number of ether oxygens (including phenoxy) is 1. The minimum atomic E-state index is -0.480. The maximum atomic E-state index is 12.7. The SMILES string of the molecule is COc1ccc(NC(=O)c2ccn(-c3ccc([N+](=O)[O-])cc3)n2)cc1-n1nnnc1C. The fourth-order valence-electron chi connectivity index (χ4n) is 2.90. The topological polar surface area (TPSA) is 143 Å². The second-order valence-corrected chi connectivity index (χ2v) is 6.40. The first kappa shape index (κ1) is 19.7. The highest BCUT2D eigenvalue weighted by atomic mass is 16.6. The number of aryl methyl sites for hydroxylation is 1. The van der Waals surface area contributed by atoms with Crippen LogP contribution in [0.1, 0.15) is 16.3 Å². The Balaban J connectivity index is 1.55. The highest BCUT2D eigenvalue weighted by Gasteiger charge is 2.15. The number of nitro benzene ring substituents is 1. The Morgan fingerprint density at radius 3 is 2.58 bits per heavy atom. The zero-order chi connectivity index (χ0) is 22.0. The van der Waals surface area contributed by atoms with E-state index in [9.17, 15) is 14.9 Å². The molecule has 1 amide bonds. The van der Waals surface area contributed by atoms with Crippen LogP contribution in [0.15, 0.2) is 54.7 Å². The first-order valence-corrected chi connectivity index (χ1v) is 9.01. The summed E-state index contributed by atoms with van der Waals surface area (Å²) < 4.78 is 8.32. The third-order valence-corrected chi connectivity index (χ3v) is 4.44. The molecule has 12 heteroatoms. The van der Waals surface area contributed by atoms with E-state index < -0.39 is 10.8 Å². The molecule has 156 valence electrons. The predicted octanol–water partition coefficient (Wildman–Crippen LogP) is 2.33. The zero-order valence-corrected chi connectivity index (χ0v) is 16.5. The summed E-state index contributed by atoms with van der Waals surface area (Å²) in [5.74, 6) is 0.671. The van der Waals surface area contributed by atoms with Gasteiger partial charge in [0.15, 0.2) is 11.5 Å². The van der Waals surface area contributed by atoms with Crippen molar-refractivity contribution in [1.29, 1.82) is 0 Å². The molecule has 0 radical (unpaired) electrons. The van der Waals surface area contributed by atoms with E-state index in [1.807, 2.05) is 0 Å². The predicted molar refractivity (Wildman–Crippen MR) is 109 cm³/mol. The molecule has 0 spiro atoms. The van der Waals surface area contributed by atoms with Crippen molar-refractivity contribution in [1.82, 2.24) is 30.0 Å². The third kappa shape index (κ3) is 3.94. The molecule has 0 unspecified atom stereocenters. The average Bonchev–Trinajstić information content (AvgIpc) is 3.43. The van der Waals surface area contributed by atoms with E-state index in [0.29, 0.717) is 28.6 Å². The highest BCUT2D eigenvalue weighted by Crippen LogP contribution is 2.26. The van der Waals surface area contributed by atoms with Crippen LogP contribution >= 0.6 is 0 Å². The molecular weight excluding hydrogens is 404 g/mol. The molecule has 0 aliphatic rings. The minimum absolute atomic E-state index is 0.0259. The lowest BCUT2D eigenvalue weighted by Gasteiger charge is -2.11. The molecule has 0 aliphatic heterocycles. The third-order valence-electron chi connectivity index (χ3n) is 4.44. The van der Waals surface area contributed by atoms with E-state index in [1.54, 1.807) is 49.5 Å². The van der Waals surface area contributed by atoms with Gasteiger partial charge in [0, 0.05) is 24.0 Å². The van der Waals surface area contributed by atoms with Gasteiger partial charge in [-0.1, -0.05) is 0 Å². The fourth-order valence-corrected chi connectivity index (χ4v) is 2.90. The van der Waals surface area contributed by atoms with Gasteiger partial charge in [-0.2, -0.15) is 9.78 Å². The Labute approximate surface area is 175 Å². The molecule has 0 aliphatic carbocycles. The van der Waals surface area contributed by atoms with Crippen LogP contribution in [0.25, 0.3) is 11.4 Å². The molecule has 0 saturated heterocycles. The van der Waals surface area contributed by atoms with Crippen molar-refractivity contribution >= 4 is 17.3 Å². The number of nitrogens with one attached hydrogen (secondary N) is 1. The summed E-state index contributed by atoms with van der Waals surface area (Å²) in [6.07, 6.45) is 1.60.